The predicted molar refractivity (Wildman–Crippen MR) is 122 cm³/mol. The molecule has 2 atom stereocenters. The van der Waals surface area contributed by atoms with Gasteiger partial charge in [0.15, 0.2) is 0 Å². The Hall–Kier alpha value is -2.49. The van der Waals surface area contributed by atoms with Crippen LogP contribution in [0.4, 0.5) is 0 Å². The highest BCUT2D eigenvalue weighted by Gasteiger charge is 2.53. The number of benzene rings is 1. The number of hydrogen-bond acceptors (Lipinski definition) is 6. The van der Waals surface area contributed by atoms with Crippen molar-refractivity contribution in [2.24, 2.45) is 11.3 Å². The van der Waals surface area contributed by atoms with Gasteiger partial charge in [0, 0.05) is 58.4 Å². The zero-order chi connectivity index (χ0) is 24.0. The van der Waals surface area contributed by atoms with Crippen molar-refractivity contribution in [2.75, 3.05) is 67.1 Å². The summed E-state index contributed by atoms with van der Waals surface area (Å²) in [5, 5.41) is 13.8. The molecule has 1 aromatic rings. The fourth-order valence-electron chi connectivity index (χ4n) is 4.82. The van der Waals surface area contributed by atoms with E-state index >= 15 is 0 Å². The molecule has 1 amide bonds. The third-order valence-electron chi connectivity index (χ3n) is 5.83. The summed E-state index contributed by atoms with van der Waals surface area (Å²) in [6.07, 6.45) is 1.60. The first-order chi connectivity index (χ1) is 15.3. The van der Waals surface area contributed by atoms with E-state index in [0.717, 1.165) is 57.9 Å². The standard InChI is InChI=1S/C21H33N3O2.2CH2O2/c1-22(2)15-21-16-23(10-7-11-26-3)13-19(21)14-24(17-21)20(25)12-18-8-5-4-6-9-18;2*2-1-3/h4-6,8-9,19H,7,10-17H2,1-3H3;2*1H,(H,2,3)/t19-,21+;;/m0../s1. The third kappa shape index (κ3) is 8.57. The van der Waals surface area contributed by atoms with E-state index in [0.29, 0.717) is 12.3 Å². The van der Waals surface area contributed by atoms with E-state index in [9.17, 15) is 4.79 Å². The monoisotopic (exact) mass is 451 g/mol. The van der Waals surface area contributed by atoms with Crippen molar-refractivity contribution in [1.29, 1.82) is 0 Å². The van der Waals surface area contributed by atoms with Crippen LogP contribution in [0.15, 0.2) is 30.3 Å². The van der Waals surface area contributed by atoms with Gasteiger partial charge in [0.05, 0.1) is 6.42 Å². The van der Waals surface area contributed by atoms with E-state index in [1.54, 1.807) is 7.11 Å². The van der Waals surface area contributed by atoms with Crippen LogP contribution in [-0.4, -0.2) is 111 Å². The summed E-state index contributed by atoms with van der Waals surface area (Å²) < 4.78 is 5.20. The Bertz CT molecular complexity index is 682. The van der Waals surface area contributed by atoms with Gasteiger partial charge < -0.3 is 29.6 Å². The minimum absolute atomic E-state index is 0.211. The van der Waals surface area contributed by atoms with Crippen LogP contribution in [0, 0.1) is 11.3 Å². The fraction of sp³-hybridized carbons (Fsp3) is 0.609. The number of carbonyl (C=O) groups excluding carboxylic acids is 1. The topological polar surface area (TPSA) is 111 Å². The van der Waals surface area contributed by atoms with Crippen LogP contribution in [-0.2, 0) is 25.5 Å². The molecule has 0 aliphatic carbocycles. The average Bonchev–Trinajstić information content (AvgIpc) is 3.23. The second-order valence-corrected chi connectivity index (χ2v) is 8.53. The van der Waals surface area contributed by atoms with Crippen LogP contribution in [0.2, 0.25) is 0 Å². The highest BCUT2D eigenvalue weighted by atomic mass is 16.5. The van der Waals surface area contributed by atoms with E-state index in [4.69, 9.17) is 24.5 Å². The number of hydrogen-bond donors (Lipinski definition) is 2. The molecule has 2 saturated heterocycles. The van der Waals surface area contributed by atoms with Crippen LogP contribution in [0.25, 0.3) is 0 Å². The van der Waals surface area contributed by atoms with E-state index in [2.05, 4.69) is 28.8 Å². The molecule has 0 bridgehead atoms. The Kier molecular flexibility index (Phi) is 12.5. The van der Waals surface area contributed by atoms with E-state index in [-0.39, 0.29) is 24.3 Å². The van der Waals surface area contributed by atoms with Crippen molar-refractivity contribution in [3.63, 3.8) is 0 Å². The van der Waals surface area contributed by atoms with Gasteiger partial charge in [-0.15, -0.1) is 0 Å². The van der Waals surface area contributed by atoms with E-state index < -0.39 is 0 Å². The number of rotatable bonds is 8. The molecule has 180 valence electrons. The number of nitrogens with zero attached hydrogens (tertiary/aromatic N) is 3. The van der Waals surface area contributed by atoms with Crippen LogP contribution >= 0.6 is 0 Å². The summed E-state index contributed by atoms with van der Waals surface area (Å²) in [4.78, 5) is 36.6. The molecular weight excluding hydrogens is 414 g/mol. The van der Waals surface area contributed by atoms with Crippen LogP contribution in [0.1, 0.15) is 12.0 Å². The minimum Gasteiger partial charge on any atom is -0.483 e. The van der Waals surface area contributed by atoms with Gasteiger partial charge in [-0.1, -0.05) is 30.3 Å². The number of methoxy groups -OCH3 is 1. The molecule has 0 aromatic heterocycles. The predicted octanol–water partition coefficient (Wildman–Crippen LogP) is 0.989. The SMILES string of the molecule is COCCCN1C[C@H]2CN(C(=O)Cc3ccccc3)C[C@@]2(CN(C)C)C1.O=CO.O=CO. The summed E-state index contributed by atoms with van der Waals surface area (Å²) in [5.74, 6) is 0.849. The molecule has 32 heavy (non-hydrogen) atoms. The third-order valence-corrected chi connectivity index (χ3v) is 5.83. The lowest BCUT2D eigenvalue weighted by Gasteiger charge is -2.32. The van der Waals surface area contributed by atoms with Gasteiger partial charge in [0.2, 0.25) is 5.91 Å². The molecule has 9 heteroatoms. The molecule has 9 nitrogen and oxygen atoms in total. The highest BCUT2D eigenvalue weighted by molar-refractivity contribution is 5.79. The van der Waals surface area contributed by atoms with Gasteiger partial charge in [0.25, 0.3) is 12.9 Å². The highest BCUT2D eigenvalue weighted by Crippen LogP contribution is 2.43. The van der Waals surface area contributed by atoms with Gasteiger partial charge in [-0.2, -0.15) is 0 Å². The second kappa shape index (κ2) is 14.5. The van der Waals surface area contributed by atoms with Gasteiger partial charge in [0.1, 0.15) is 0 Å². The molecule has 0 radical (unpaired) electrons. The van der Waals surface area contributed by atoms with Gasteiger partial charge >= 0.3 is 0 Å². The van der Waals surface area contributed by atoms with Gasteiger partial charge in [-0.25, -0.2) is 0 Å². The number of carbonyl (C=O) groups is 3. The van der Waals surface area contributed by atoms with Gasteiger partial charge in [-0.3, -0.25) is 14.4 Å². The zero-order valence-corrected chi connectivity index (χ0v) is 19.4. The Morgan fingerprint density at radius 3 is 2.34 bits per heavy atom. The second-order valence-electron chi connectivity index (χ2n) is 8.53. The lowest BCUT2D eigenvalue weighted by atomic mass is 9.80. The number of ether oxygens (including phenoxy) is 1. The van der Waals surface area contributed by atoms with Crippen LogP contribution in [0.5, 0.6) is 0 Å². The van der Waals surface area contributed by atoms with Crippen molar-refractivity contribution in [3.05, 3.63) is 35.9 Å². The maximum atomic E-state index is 12.8. The lowest BCUT2D eigenvalue weighted by Crippen LogP contribution is -2.43. The summed E-state index contributed by atoms with van der Waals surface area (Å²) in [6, 6.07) is 10.1. The van der Waals surface area contributed by atoms with Crippen molar-refractivity contribution >= 4 is 18.9 Å². The van der Waals surface area contributed by atoms with Gasteiger partial charge in [-0.05, 0) is 32.0 Å². The van der Waals surface area contributed by atoms with Crippen molar-refractivity contribution in [2.45, 2.75) is 12.8 Å². The lowest BCUT2D eigenvalue weighted by molar-refractivity contribution is -0.130. The number of amides is 1. The molecule has 3 rings (SSSR count). The van der Waals surface area contributed by atoms with Crippen molar-refractivity contribution in [1.82, 2.24) is 14.7 Å². The zero-order valence-electron chi connectivity index (χ0n) is 19.4. The van der Waals surface area contributed by atoms with E-state index in [1.807, 2.05) is 30.3 Å². The molecule has 1 aromatic carbocycles. The molecule has 2 fully saturated rings. The number of fused-ring (bicyclic) bond motifs is 1. The Balaban J connectivity index is 0.000000769. The quantitative estimate of drug-likeness (QED) is 0.445. The first-order valence-electron chi connectivity index (χ1n) is 10.7. The summed E-state index contributed by atoms with van der Waals surface area (Å²) in [6.45, 7) is 6.46. The maximum absolute atomic E-state index is 12.8. The average molecular weight is 452 g/mol. The minimum atomic E-state index is -0.250. The molecular formula is C23H37N3O6. The molecule has 0 saturated carbocycles. The molecule has 0 unspecified atom stereocenters. The largest absolute Gasteiger partial charge is 0.483 e. The fourth-order valence-corrected chi connectivity index (χ4v) is 4.82. The number of carboxylic acid groups (broad SMARTS) is 2. The Labute approximate surface area is 190 Å². The Morgan fingerprint density at radius 1 is 1.16 bits per heavy atom. The molecule has 2 aliphatic rings. The van der Waals surface area contributed by atoms with Crippen LogP contribution < -0.4 is 0 Å². The smallest absolute Gasteiger partial charge is 0.290 e. The number of likely N-dealkylation sites (tertiary alicyclic amines) is 2. The Morgan fingerprint density at radius 2 is 1.78 bits per heavy atom. The van der Waals surface area contributed by atoms with E-state index in [1.165, 1.54) is 0 Å². The first kappa shape index (κ1) is 27.5. The molecule has 2 N–H and O–H groups in total. The maximum Gasteiger partial charge on any atom is 0.290 e. The molecule has 2 aliphatic heterocycles. The van der Waals surface area contributed by atoms with Crippen LogP contribution in [0.3, 0.4) is 0 Å². The summed E-state index contributed by atoms with van der Waals surface area (Å²) >= 11 is 0. The first-order valence-corrected chi connectivity index (χ1v) is 10.7. The summed E-state index contributed by atoms with van der Waals surface area (Å²) in [7, 11) is 6.06. The normalized spacial score (nSPS) is 21.8. The summed E-state index contributed by atoms with van der Waals surface area (Å²) in [5.41, 5.74) is 1.32. The molecule has 0 spiro atoms. The molecule has 2 heterocycles. The van der Waals surface area contributed by atoms with Crippen molar-refractivity contribution < 1.29 is 29.3 Å². The van der Waals surface area contributed by atoms with Crippen molar-refractivity contribution in [3.8, 4) is 0 Å².